The number of carbonyl (C=O) groups excluding carboxylic acids is 1. The van der Waals surface area contributed by atoms with E-state index in [-0.39, 0.29) is 5.91 Å². The molecule has 1 heterocycles. The molecule has 0 atom stereocenters. The first kappa shape index (κ1) is 21.4. The van der Waals surface area contributed by atoms with Gasteiger partial charge in [0.15, 0.2) is 6.54 Å². The SMILES string of the molecule is COc1ccc(NC(=O)C[NH+]2CC[NH+](Cc3cc(C)ccc3OC)CC2)cc1Cl. The Labute approximate surface area is 177 Å². The van der Waals surface area contributed by atoms with Gasteiger partial charge in [0.05, 0.1) is 19.2 Å². The highest BCUT2D eigenvalue weighted by Crippen LogP contribution is 2.27. The van der Waals surface area contributed by atoms with E-state index in [1.165, 1.54) is 20.9 Å². The molecule has 29 heavy (non-hydrogen) atoms. The smallest absolute Gasteiger partial charge is 0.279 e. The van der Waals surface area contributed by atoms with Crippen LogP contribution in [-0.4, -0.2) is 52.9 Å². The molecule has 3 N–H and O–H groups in total. The number of nitrogens with one attached hydrogen (secondary N) is 3. The zero-order valence-electron chi connectivity index (χ0n) is 17.3. The molecule has 1 aliphatic rings. The minimum absolute atomic E-state index is 0.00466. The zero-order chi connectivity index (χ0) is 20.8. The van der Waals surface area contributed by atoms with Gasteiger partial charge in [-0.15, -0.1) is 0 Å². The van der Waals surface area contributed by atoms with Crippen LogP contribution in [0.4, 0.5) is 5.69 Å². The van der Waals surface area contributed by atoms with Crippen molar-refractivity contribution in [2.75, 3.05) is 52.3 Å². The molecule has 0 spiro atoms. The van der Waals surface area contributed by atoms with Crippen molar-refractivity contribution < 1.29 is 24.1 Å². The van der Waals surface area contributed by atoms with Crippen LogP contribution in [-0.2, 0) is 11.3 Å². The van der Waals surface area contributed by atoms with E-state index in [1.54, 1.807) is 32.4 Å². The molecule has 0 aliphatic carbocycles. The van der Waals surface area contributed by atoms with Crippen molar-refractivity contribution >= 4 is 23.2 Å². The molecule has 6 nitrogen and oxygen atoms in total. The molecule has 7 heteroatoms. The molecule has 0 saturated carbocycles. The van der Waals surface area contributed by atoms with Gasteiger partial charge in [-0.2, -0.15) is 0 Å². The second kappa shape index (κ2) is 9.96. The third-order valence-electron chi connectivity index (χ3n) is 5.39. The molecule has 1 fully saturated rings. The number of quaternary nitrogens is 2. The summed E-state index contributed by atoms with van der Waals surface area (Å²) in [6.45, 7) is 7.54. The van der Waals surface area contributed by atoms with E-state index in [4.69, 9.17) is 21.1 Å². The number of ether oxygens (including phenoxy) is 2. The fourth-order valence-electron chi connectivity index (χ4n) is 3.80. The first-order chi connectivity index (χ1) is 14.0. The van der Waals surface area contributed by atoms with Crippen LogP contribution in [0, 0.1) is 6.92 Å². The van der Waals surface area contributed by atoms with Crippen molar-refractivity contribution in [3.05, 3.63) is 52.5 Å². The summed E-state index contributed by atoms with van der Waals surface area (Å²) >= 11 is 6.13. The Hall–Kier alpha value is -2.28. The molecule has 0 aromatic heterocycles. The topological polar surface area (TPSA) is 56.4 Å². The highest BCUT2D eigenvalue weighted by molar-refractivity contribution is 6.32. The second-order valence-corrected chi connectivity index (χ2v) is 7.97. The maximum atomic E-state index is 12.4. The minimum Gasteiger partial charge on any atom is -0.496 e. The van der Waals surface area contributed by atoms with Crippen molar-refractivity contribution in [3.8, 4) is 11.5 Å². The fourth-order valence-corrected chi connectivity index (χ4v) is 4.06. The predicted octanol–water partition coefficient (Wildman–Crippen LogP) is 0.588. The highest BCUT2D eigenvalue weighted by Gasteiger charge is 2.25. The van der Waals surface area contributed by atoms with Crippen molar-refractivity contribution in [1.82, 2.24) is 0 Å². The number of anilines is 1. The molecule has 1 saturated heterocycles. The zero-order valence-corrected chi connectivity index (χ0v) is 18.1. The van der Waals surface area contributed by atoms with Gasteiger partial charge in [-0.1, -0.05) is 23.2 Å². The summed E-state index contributed by atoms with van der Waals surface area (Å²) in [6.07, 6.45) is 0. The number of halogens is 1. The second-order valence-electron chi connectivity index (χ2n) is 7.57. The Kier molecular flexibility index (Phi) is 7.36. The van der Waals surface area contributed by atoms with Gasteiger partial charge in [0.1, 0.15) is 44.2 Å². The molecule has 0 bridgehead atoms. The average molecular weight is 420 g/mol. The lowest BCUT2D eigenvalue weighted by Gasteiger charge is -2.29. The number of hydrogen-bond donors (Lipinski definition) is 3. The van der Waals surface area contributed by atoms with Gasteiger partial charge in [0.25, 0.3) is 5.91 Å². The van der Waals surface area contributed by atoms with Crippen molar-refractivity contribution in [2.24, 2.45) is 0 Å². The first-order valence-electron chi connectivity index (χ1n) is 9.92. The maximum Gasteiger partial charge on any atom is 0.279 e. The molecular weight excluding hydrogens is 390 g/mol. The first-order valence-corrected chi connectivity index (χ1v) is 10.3. The van der Waals surface area contributed by atoms with Gasteiger partial charge in [-0.25, -0.2) is 0 Å². The molecule has 3 rings (SSSR count). The van der Waals surface area contributed by atoms with Gasteiger partial charge < -0.3 is 24.6 Å². The molecule has 1 aliphatic heterocycles. The third kappa shape index (κ3) is 5.85. The molecule has 1 amide bonds. The average Bonchev–Trinajstić information content (AvgIpc) is 2.70. The van der Waals surface area contributed by atoms with Crippen LogP contribution in [0.1, 0.15) is 11.1 Å². The van der Waals surface area contributed by atoms with E-state index < -0.39 is 0 Å². The Morgan fingerprint density at radius 2 is 1.66 bits per heavy atom. The van der Waals surface area contributed by atoms with Crippen LogP contribution in [0.3, 0.4) is 0 Å². The summed E-state index contributed by atoms with van der Waals surface area (Å²) in [5, 5.41) is 3.42. The van der Waals surface area contributed by atoms with Gasteiger partial charge in [-0.3, -0.25) is 4.79 Å². The Morgan fingerprint density at radius 3 is 2.31 bits per heavy atom. The summed E-state index contributed by atoms with van der Waals surface area (Å²) in [5.41, 5.74) is 3.19. The number of hydrogen-bond acceptors (Lipinski definition) is 3. The summed E-state index contributed by atoms with van der Waals surface area (Å²) in [5.74, 6) is 1.56. The lowest BCUT2D eigenvalue weighted by Crippen LogP contribution is -3.28. The number of carbonyl (C=O) groups is 1. The van der Waals surface area contributed by atoms with Crippen LogP contribution >= 0.6 is 11.6 Å². The van der Waals surface area contributed by atoms with Crippen LogP contribution in [0.5, 0.6) is 11.5 Å². The largest absolute Gasteiger partial charge is 0.496 e. The van der Waals surface area contributed by atoms with Crippen LogP contribution in [0.25, 0.3) is 0 Å². The van der Waals surface area contributed by atoms with Gasteiger partial charge in [-0.05, 0) is 37.3 Å². The molecule has 2 aromatic rings. The summed E-state index contributed by atoms with van der Waals surface area (Å²) < 4.78 is 10.6. The monoisotopic (exact) mass is 419 g/mol. The standard InChI is InChI=1S/C22H28ClN3O3/c1-16-4-6-20(28-2)17(12-16)14-25-8-10-26(11-9-25)15-22(27)24-18-5-7-21(29-3)19(23)13-18/h4-7,12-13H,8-11,14-15H2,1-3H3,(H,24,27)/p+2. The van der Waals surface area contributed by atoms with Crippen molar-refractivity contribution in [3.63, 3.8) is 0 Å². The third-order valence-corrected chi connectivity index (χ3v) is 5.68. The molecule has 0 unspecified atom stereocenters. The predicted molar refractivity (Wildman–Crippen MR) is 114 cm³/mol. The van der Waals surface area contributed by atoms with E-state index >= 15 is 0 Å². The summed E-state index contributed by atoms with van der Waals surface area (Å²) in [6, 6.07) is 11.6. The van der Waals surface area contributed by atoms with Crippen LogP contribution < -0.4 is 24.6 Å². The lowest BCUT2D eigenvalue weighted by atomic mass is 10.1. The van der Waals surface area contributed by atoms with E-state index in [1.807, 2.05) is 6.07 Å². The van der Waals surface area contributed by atoms with Crippen molar-refractivity contribution in [2.45, 2.75) is 13.5 Å². The van der Waals surface area contributed by atoms with E-state index in [9.17, 15) is 4.79 Å². The highest BCUT2D eigenvalue weighted by atomic mass is 35.5. The van der Waals surface area contributed by atoms with Crippen LogP contribution in [0.15, 0.2) is 36.4 Å². The number of piperazine rings is 1. The lowest BCUT2D eigenvalue weighted by molar-refractivity contribution is -1.02. The normalized spacial score (nSPS) is 18.9. The summed E-state index contributed by atoms with van der Waals surface area (Å²) in [4.78, 5) is 15.2. The maximum absolute atomic E-state index is 12.4. The van der Waals surface area contributed by atoms with Gasteiger partial charge in [0, 0.05) is 11.3 Å². The van der Waals surface area contributed by atoms with E-state index in [0.29, 0.717) is 23.0 Å². The minimum atomic E-state index is 0.00466. The molecule has 0 radical (unpaired) electrons. The molecule has 156 valence electrons. The Balaban J connectivity index is 1.48. The number of aryl methyl sites for hydroxylation is 1. The van der Waals surface area contributed by atoms with E-state index in [0.717, 1.165) is 38.5 Å². The van der Waals surface area contributed by atoms with Crippen molar-refractivity contribution in [1.29, 1.82) is 0 Å². The quantitative estimate of drug-likeness (QED) is 0.615. The Morgan fingerprint density at radius 1 is 1.00 bits per heavy atom. The molecule has 2 aromatic carbocycles. The van der Waals surface area contributed by atoms with Gasteiger partial charge >= 0.3 is 0 Å². The van der Waals surface area contributed by atoms with Crippen LogP contribution in [0.2, 0.25) is 5.02 Å². The number of rotatable bonds is 7. The number of amides is 1. The summed E-state index contributed by atoms with van der Waals surface area (Å²) in [7, 11) is 3.29. The van der Waals surface area contributed by atoms with E-state index in [2.05, 4.69) is 24.4 Å². The number of benzene rings is 2. The number of methoxy groups -OCH3 is 2. The molecular formula is C22H30ClN3O3+2. The van der Waals surface area contributed by atoms with Gasteiger partial charge in [0.2, 0.25) is 0 Å². The fraction of sp³-hybridized carbons (Fsp3) is 0.409. The Bertz CT molecular complexity index is 851.